The number of rotatable bonds is 4. The maximum atomic E-state index is 10.8. The smallest absolute Gasteiger partial charge is 0.317 e. The molecule has 0 aromatic heterocycles. The molecular formula is C11H26F3N. The Morgan fingerprint density at radius 3 is 1.27 bits per heavy atom. The van der Waals surface area contributed by atoms with E-state index in [1.54, 1.807) is 0 Å². The standard InChI is InChI=1S/C6H15N.C3H5F3.C2H6/c1-3-5-7-6-4-2;1-2-3(4,5)6;1-2/h7H,3-6H2,1-2H3;2H2,1H3;1-2H3. The first-order chi connectivity index (χ1) is 6.97. The predicted molar refractivity (Wildman–Crippen MR) is 61.1 cm³/mol. The van der Waals surface area contributed by atoms with Gasteiger partial charge < -0.3 is 5.32 Å². The van der Waals surface area contributed by atoms with Crippen LogP contribution in [-0.2, 0) is 0 Å². The monoisotopic (exact) mass is 229 g/mol. The van der Waals surface area contributed by atoms with Crippen molar-refractivity contribution < 1.29 is 13.2 Å². The first kappa shape index (κ1) is 20.2. The van der Waals surface area contributed by atoms with Crippen molar-refractivity contribution in [1.29, 1.82) is 0 Å². The van der Waals surface area contributed by atoms with Gasteiger partial charge in [0.2, 0.25) is 0 Å². The second kappa shape index (κ2) is 16.2. The van der Waals surface area contributed by atoms with Crippen molar-refractivity contribution in [3.8, 4) is 0 Å². The van der Waals surface area contributed by atoms with E-state index in [9.17, 15) is 13.2 Å². The minimum absolute atomic E-state index is 0.729. The molecule has 1 nitrogen and oxygen atoms in total. The van der Waals surface area contributed by atoms with Crippen LogP contribution in [0.5, 0.6) is 0 Å². The van der Waals surface area contributed by atoms with E-state index in [0.717, 1.165) is 6.92 Å². The lowest BCUT2D eigenvalue weighted by Gasteiger charge is -1.96. The van der Waals surface area contributed by atoms with Crippen LogP contribution >= 0.6 is 0 Å². The summed E-state index contributed by atoms with van der Waals surface area (Å²) in [5.74, 6) is 0. The largest absolute Gasteiger partial charge is 0.388 e. The number of alkyl halides is 3. The summed E-state index contributed by atoms with van der Waals surface area (Å²) in [4.78, 5) is 0. The zero-order chi connectivity index (χ0) is 12.7. The topological polar surface area (TPSA) is 12.0 Å². The Labute approximate surface area is 92.4 Å². The second-order valence-electron chi connectivity index (χ2n) is 2.72. The van der Waals surface area contributed by atoms with Crippen molar-refractivity contribution >= 4 is 0 Å². The van der Waals surface area contributed by atoms with Gasteiger partial charge >= 0.3 is 6.18 Å². The summed E-state index contributed by atoms with van der Waals surface area (Å²) in [6.45, 7) is 11.8. The predicted octanol–water partition coefficient (Wildman–Crippen LogP) is 4.38. The van der Waals surface area contributed by atoms with Crippen LogP contribution in [0.4, 0.5) is 13.2 Å². The van der Waals surface area contributed by atoms with Crippen molar-refractivity contribution in [2.45, 2.75) is 60.1 Å². The molecule has 0 atom stereocenters. The van der Waals surface area contributed by atoms with E-state index < -0.39 is 12.6 Å². The Kier molecular flexibility index (Phi) is 21.8. The van der Waals surface area contributed by atoms with Crippen molar-refractivity contribution in [1.82, 2.24) is 5.32 Å². The minimum atomic E-state index is -3.96. The molecule has 0 saturated heterocycles. The quantitative estimate of drug-likeness (QED) is 0.705. The van der Waals surface area contributed by atoms with Gasteiger partial charge in [0.15, 0.2) is 0 Å². The molecule has 0 aromatic carbocycles. The molecule has 0 radical (unpaired) electrons. The fraction of sp³-hybridized carbons (Fsp3) is 1.00. The summed E-state index contributed by atoms with van der Waals surface area (Å²) >= 11 is 0. The lowest BCUT2D eigenvalue weighted by Crippen LogP contribution is -2.14. The Balaban J connectivity index is -0.000000166. The van der Waals surface area contributed by atoms with Gasteiger partial charge in [0.05, 0.1) is 0 Å². The van der Waals surface area contributed by atoms with Gasteiger partial charge in [0, 0.05) is 6.42 Å². The molecule has 0 amide bonds. The Hall–Kier alpha value is -0.250. The van der Waals surface area contributed by atoms with Gasteiger partial charge in [-0.1, -0.05) is 34.6 Å². The van der Waals surface area contributed by atoms with Crippen LogP contribution < -0.4 is 5.32 Å². The molecule has 0 aromatic rings. The van der Waals surface area contributed by atoms with E-state index in [1.807, 2.05) is 13.8 Å². The fourth-order valence-corrected chi connectivity index (χ4v) is 0.479. The molecule has 0 heterocycles. The zero-order valence-electron chi connectivity index (χ0n) is 10.7. The molecule has 96 valence electrons. The summed E-state index contributed by atoms with van der Waals surface area (Å²) in [5.41, 5.74) is 0. The number of halogens is 3. The van der Waals surface area contributed by atoms with E-state index >= 15 is 0 Å². The SMILES string of the molecule is CC.CCC(F)(F)F.CCCNCCC. The van der Waals surface area contributed by atoms with Crippen LogP contribution in [0.1, 0.15) is 53.9 Å². The highest BCUT2D eigenvalue weighted by molar-refractivity contribution is 4.40. The Morgan fingerprint density at radius 2 is 1.13 bits per heavy atom. The van der Waals surface area contributed by atoms with Crippen molar-refractivity contribution in [3.05, 3.63) is 0 Å². The maximum absolute atomic E-state index is 10.8. The lowest BCUT2D eigenvalue weighted by molar-refractivity contribution is -0.130. The Morgan fingerprint density at radius 1 is 0.867 bits per heavy atom. The normalized spacial score (nSPS) is 9.60. The molecule has 1 N–H and O–H groups in total. The Bertz CT molecular complexity index is 88.3. The third-order valence-corrected chi connectivity index (χ3v) is 1.25. The summed E-state index contributed by atoms with van der Waals surface area (Å²) in [6.07, 6.45) is -2.19. The van der Waals surface area contributed by atoms with Crippen LogP contribution in [-0.4, -0.2) is 19.3 Å². The van der Waals surface area contributed by atoms with Gasteiger partial charge in [-0.05, 0) is 25.9 Å². The first-order valence-corrected chi connectivity index (χ1v) is 5.75. The molecule has 0 aliphatic rings. The van der Waals surface area contributed by atoms with Gasteiger partial charge in [-0.15, -0.1) is 0 Å². The van der Waals surface area contributed by atoms with Crippen LogP contribution in [0.25, 0.3) is 0 Å². The average Bonchev–Trinajstić information content (AvgIpc) is 2.22. The molecule has 0 saturated carbocycles. The van der Waals surface area contributed by atoms with Crippen molar-refractivity contribution in [2.75, 3.05) is 13.1 Å². The summed E-state index contributed by atoms with van der Waals surface area (Å²) in [5, 5.41) is 3.28. The minimum Gasteiger partial charge on any atom is -0.317 e. The highest BCUT2D eigenvalue weighted by Gasteiger charge is 2.22. The molecule has 0 aliphatic carbocycles. The van der Waals surface area contributed by atoms with Gasteiger partial charge in [0.25, 0.3) is 0 Å². The van der Waals surface area contributed by atoms with Crippen LogP contribution in [0, 0.1) is 0 Å². The van der Waals surface area contributed by atoms with Crippen LogP contribution in [0.2, 0.25) is 0 Å². The maximum Gasteiger partial charge on any atom is 0.388 e. The molecule has 0 fully saturated rings. The van der Waals surface area contributed by atoms with E-state index in [0.29, 0.717) is 0 Å². The summed E-state index contributed by atoms with van der Waals surface area (Å²) in [6, 6.07) is 0. The summed E-state index contributed by atoms with van der Waals surface area (Å²) < 4.78 is 32.4. The summed E-state index contributed by atoms with van der Waals surface area (Å²) in [7, 11) is 0. The van der Waals surface area contributed by atoms with Gasteiger partial charge in [-0.2, -0.15) is 13.2 Å². The third kappa shape index (κ3) is 41.7. The van der Waals surface area contributed by atoms with E-state index in [-0.39, 0.29) is 0 Å². The lowest BCUT2D eigenvalue weighted by atomic mass is 10.4. The zero-order valence-corrected chi connectivity index (χ0v) is 10.7. The second-order valence-corrected chi connectivity index (χ2v) is 2.72. The number of hydrogen-bond donors (Lipinski definition) is 1. The molecular weight excluding hydrogens is 203 g/mol. The van der Waals surface area contributed by atoms with E-state index in [4.69, 9.17) is 0 Å². The molecule has 4 heteroatoms. The van der Waals surface area contributed by atoms with Gasteiger partial charge in [-0.3, -0.25) is 0 Å². The third-order valence-electron chi connectivity index (χ3n) is 1.25. The molecule has 0 aliphatic heterocycles. The number of nitrogens with one attached hydrogen (secondary N) is 1. The number of hydrogen-bond acceptors (Lipinski definition) is 1. The molecule has 15 heavy (non-hydrogen) atoms. The molecule has 0 bridgehead atoms. The van der Waals surface area contributed by atoms with Gasteiger partial charge in [-0.25, -0.2) is 0 Å². The highest BCUT2D eigenvalue weighted by Crippen LogP contribution is 2.17. The molecule has 0 unspecified atom stereocenters. The van der Waals surface area contributed by atoms with E-state index in [2.05, 4.69) is 19.2 Å². The first-order valence-electron chi connectivity index (χ1n) is 5.75. The van der Waals surface area contributed by atoms with Gasteiger partial charge in [0.1, 0.15) is 0 Å². The van der Waals surface area contributed by atoms with Crippen LogP contribution in [0.3, 0.4) is 0 Å². The fourth-order valence-electron chi connectivity index (χ4n) is 0.479. The highest BCUT2D eigenvalue weighted by atomic mass is 19.4. The van der Waals surface area contributed by atoms with Crippen molar-refractivity contribution in [2.24, 2.45) is 0 Å². The average molecular weight is 229 g/mol. The molecule has 0 rings (SSSR count). The van der Waals surface area contributed by atoms with E-state index in [1.165, 1.54) is 25.9 Å². The van der Waals surface area contributed by atoms with Crippen molar-refractivity contribution in [3.63, 3.8) is 0 Å². The molecule has 0 spiro atoms. The van der Waals surface area contributed by atoms with Crippen LogP contribution in [0.15, 0.2) is 0 Å².